The molecule has 4 rings (SSSR count). The van der Waals surface area contributed by atoms with Gasteiger partial charge in [-0.05, 0) is 50.1 Å². The maximum absolute atomic E-state index is 14.2. The Morgan fingerprint density at radius 3 is 2.76 bits per heavy atom. The van der Waals surface area contributed by atoms with Crippen LogP contribution in [0, 0.1) is 6.92 Å². The number of aromatic amines is 1. The van der Waals surface area contributed by atoms with Gasteiger partial charge >= 0.3 is 0 Å². The third-order valence-electron chi connectivity index (χ3n) is 7.32. The van der Waals surface area contributed by atoms with Crippen LogP contribution in [0.25, 0.3) is 6.08 Å². The maximum Gasteiger partial charge on any atom is 0.256 e. The van der Waals surface area contributed by atoms with Crippen molar-refractivity contribution in [3.8, 4) is 0 Å². The van der Waals surface area contributed by atoms with E-state index in [1.165, 1.54) is 0 Å². The van der Waals surface area contributed by atoms with E-state index in [2.05, 4.69) is 34.4 Å². The summed E-state index contributed by atoms with van der Waals surface area (Å²) in [5, 5.41) is 4.86. The molecule has 1 saturated heterocycles. The Labute approximate surface area is 223 Å². The second kappa shape index (κ2) is 11.7. The van der Waals surface area contributed by atoms with Gasteiger partial charge in [0, 0.05) is 42.7 Å². The van der Waals surface area contributed by atoms with Crippen molar-refractivity contribution in [2.75, 3.05) is 31.9 Å². The standard InChI is InChI=1S/C28H35FN4O4S/c1-4-33(5-2)13-12-30-27(34)23-16-31-26(18(23)3)15-22-21-14-20(10-11-25(21)32-28(22)35)38(36,37)17-19-8-6-7-9-24(19)29/h6,8,11,14-16,20,31H,4-5,7,9-10,12-13,17H2,1-3H3,(H,30,34)(H,32,35)/b22-15-. The van der Waals surface area contributed by atoms with Gasteiger partial charge in [-0.3, -0.25) is 9.59 Å². The summed E-state index contributed by atoms with van der Waals surface area (Å²) in [4.78, 5) is 30.8. The van der Waals surface area contributed by atoms with Crippen molar-refractivity contribution >= 4 is 27.7 Å². The molecule has 204 valence electrons. The third-order valence-corrected chi connectivity index (χ3v) is 9.28. The van der Waals surface area contributed by atoms with Gasteiger partial charge in [-0.1, -0.05) is 38.2 Å². The van der Waals surface area contributed by atoms with Crippen LogP contribution in [0.2, 0.25) is 0 Å². The van der Waals surface area contributed by atoms with Crippen molar-refractivity contribution in [1.82, 2.24) is 20.5 Å². The van der Waals surface area contributed by atoms with E-state index in [0.717, 1.165) is 19.6 Å². The number of aromatic nitrogens is 1. The van der Waals surface area contributed by atoms with Gasteiger partial charge in [0.05, 0.1) is 22.1 Å². The third kappa shape index (κ3) is 5.91. The number of rotatable bonds is 10. The predicted octanol–water partition coefficient (Wildman–Crippen LogP) is 3.48. The molecule has 1 aromatic heterocycles. The zero-order valence-electron chi connectivity index (χ0n) is 22.1. The Bertz CT molecular complexity index is 1380. The van der Waals surface area contributed by atoms with Crippen LogP contribution in [0.1, 0.15) is 54.7 Å². The van der Waals surface area contributed by atoms with Gasteiger partial charge in [0.25, 0.3) is 11.8 Å². The van der Waals surface area contributed by atoms with E-state index in [1.807, 2.05) is 0 Å². The van der Waals surface area contributed by atoms with E-state index >= 15 is 0 Å². The molecule has 2 amide bonds. The monoisotopic (exact) mass is 542 g/mol. The van der Waals surface area contributed by atoms with Gasteiger partial charge in [-0.15, -0.1) is 0 Å². The molecule has 8 nitrogen and oxygen atoms in total. The summed E-state index contributed by atoms with van der Waals surface area (Å²) in [6, 6.07) is 0. The SMILES string of the molecule is CCN(CC)CCNC(=O)c1c[nH]c(/C=C2\C(=O)NC3=CCC(S(=O)(=O)CC4=C(F)CCC=C4)C=C32)c1C. The molecule has 0 spiro atoms. The molecule has 3 N–H and O–H groups in total. The molecule has 0 saturated carbocycles. The second-order valence-corrected chi connectivity index (χ2v) is 11.9. The van der Waals surface area contributed by atoms with Crippen molar-refractivity contribution in [3.63, 3.8) is 0 Å². The summed E-state index contributed by atoms with van der Waals surface area (Å²) in [7, 11) is -3.70. The molecule has 3 aliphatic rings. The highest BCUT2D eigenvalue weighted by Crippen LogP contribution is 2.34. The Kier molecular flexibility index (Phi) is 8.52. The van der Waals surface area contributed by atoms with Crippen molar-refractivity contribution in [2.45, 2.75) is 45.3 Å². The molecule has 1 aliphatic heterocycles. The minimum Gasteiger partial charge on any atom is -0.361 e. The van der Waals surface area contributed by atoms with Gasteiger partial charge < -0.3 is 20.5 Å². The Balaban J connectivity index is 1.53. The van der Waals surface area contributed by atoms with Crippen molar-refractivity contribution in [2.24, 2.45) is 0 Å². The van der Waals surface area contributed by atoms with Gasteiger partial charge in [0.1, 0.15) is 5.83 Å². The molecule has 10 heteroatoms. The number of hydrogen-bond acceptors (Lipinski definition) is 5. The van der Waals surface area contributed by atoms with Crippen LogP contribution in [0.5, 0.6) is 0 Å². The second-order valence-electron chi connectivity index (χ2n) is 9.69. The summed E-state index contributed by atoms with van der Waals surface area (Å²) in [6.07, 6.45) is 10.8. The Morgan fingerprint density at radius 2 is 2.05 bits per heavy atom. The molecular formula is C28H35FN4O4S. The largest absolute Gasteiger partial charge is 0.361 e. The molecular weight excluding hydrogens is 507 g/mol. The highest BCUT2D eigenvalue weighted by molar-refractivity contribution is 7.92. The zero-order chi connectivity index (χ0) is 27.4. The lowest BCUT2D eigenvalue weighted by atomic mass is 9.98. The van der Waals surface area contributed by atoms with Gasteiger partial charge in [0.2, 0.25) is 0 Å². The zero-order valence-corrected chi connectivity index (χ0v) is 22.9. The first-order chi connectivity index (χ1) is 18.1. The minimum absolute atomic E-state index is 0.200. The van der Waals surface area contributed by atoms with Crippen LogP contribution >= 0.6 is 0 Å². The summed E-state index contributed by atoms with van der Waals surface area (Å²) >= 11 is 0. The Hall–Kier alpha value is -3.24. The Morgan fingerprint density at radius 1 is 1.29 bits per heavy atom. The lowest BCUT2D eigenvalue weighted by Gasteiger charge is -2.19. The van der Waals surface area contributed by atoms with Crippen molar-refractivity contribution in [1.29, 1.82) is 0 Å². The fourth-order valence-corrected chi connectivity index (χ4v) is 6.52. The molecule has 0 radical (unpaired) electrons. The number of carbonyl (C=O) groups excluding carboxylic acids is 2. The minimum atomic E-state index is -3.70. The molecule has 1 fully saturated rings. The maximum atomic E-state index is 14.2. The van der Waals surface area contributed by atoms with E-state index in [-0.39, 0.29) is 41.8 Å². The molecule has 1 unspecified atom stereocenters. The molecule has 2 aliphatic carbocycles. The fourth-order valence-electron chi connectivity index (χ4n) is 4.89. The number of amides is 2. The first-order valence-corrected chi connectivity index (χ1v) is 14.8. The van der Waals surface area contributed by atoms with Crippen molar-refractivity contribution < 1.29 is 22.4 Å². The predicted molar refractivity (Wildman–Crippen MR) is 147 cm³/mol. The van der Waals surface area contributed by atoms with Crippen LogP contribution in [-0.2, 0) is 14.6 Å². The summed E-state index contributed by atoms with van der Waals surface area (Å²) in [5.41, 5.74) is 3.35. The van der Waals surface area contributed by atoms with E-state index in [0.29, 0.717) is 46.6 Å². The average Bonchev–Trinajstić information content (AvgIpc) is 3.41. The van der Waals surface area contributed by atoms with Crippen molar-refractivity contribution in [3.05, 3.63) is 75.6 Å². The number of halogens is 1. The highest BCUT2D eigenvalue weighted by atomic mass is 32.2. The van der Waals surface area contributed by atoms with Gasteiger partial charge in [0.15, 0.2) is 9.84 Å². The first-order valence-electron chi connectivity index (χ1n) is 13.0. The topological polar surface area (TPSA) is 111 Å². The van der Waals surface area contributed by atoms with Crippen LogP contribution in [-0.4, -0.2) is 67.3 Å². The number of hydrogen-bond donors (Lipinski definition) is 3. The number of H-pyrrole nitrogens is 1. The number of fused-ring (bicyclic) bond motifs is 1. The number of carbonyl (C=O) groups is 2. The molecule has 0 aromatic carbocycles. The number of allylic oxidation sites excluding steroid dienone is 5. The van der Waals surface area contributed by atoms with Crippen LogP contribution in [0.4, 0.5) is 4.39 Å². The van der Waals surface area contributed by atoms with E-state index < -0.39 is 15.1 Å². The number of nitrogens with one attached hydrogen (secondary N) is 3. The van der Waals surface area contributed by atoms with E-state index in [4.69, 9.17) is 0 Å². The molecule has 38 heavy (non-hydrogen) atoms. The van der Waals surface area contributed by atoms with E-state index in [1.54, 1.807) is 43.5 Å². The number of likely N-dealkylation sites (N-methyl/N-ethyl adjacent to an activating group) is 1. The molecule has 1 atom stereocenters. The average molecular weight is 543 g/mol. The van der Waals surface area contributed by atoms with Gasteiger partial charge in [-0.2, -0.15) is 0 Å². The summed E-state index contributed by atoms with van der Waals surface area (Å²) in [5.74, 6) is -1.31. The molecule has 1 aromatic rings. The highest BCUT2D eigenvalue weighted by Gasteiger charge is 2.35. The van der Waals surface area contributed by atoms with Crippen LogP contribution in [0.3, 0.4) is 0 Å². The fraction of sp³-hybridized carbons (Fsp3) is 0.429. The smallest absolute Gasteiger partial charge is 0.256 e. The van der Waals surface area contributed by atoms with Crippen LogP contribution < -0.4 is 10.6 Å². The molecule has 2 heterocycles. The lowest BCUT2D eigenvalue weighted by molar-refractivity contribution is -0.115. The first kappa shape index (κ1) is 27.8. The normalized spacial score (nSPS) is 20.5. The molecule has 0 bridgehead atoms. The van der Waals surface area contributed by atoms with Crippen LogP contribution in [0.15, 0.2) is 58.7 Å². The number of sulfone groups is 1. The van der Waals surface area contributed by atoms with Gasteiger partial charge in [-0.25, -0.2) is 12.8 Å². The lowest BCUT2D eigenvalue weighted by Crippen LogP contribution is -2.34. The number of nitrogens with zero attached hydrogens (tertiary/aromatic N) is 1. The van der Waals surface area contributed by atoms with E-state index in [9.17, 15) is 22.4 Å². The summed E-state index contributed by atoms with van der Waals surface area (Å²) in [6.45, 7) is 9.06. The quantitative estimate of drug-likeness (QED) is 0.392. The summed E-state index contributed by atoms with van der Waals surface area (Å²) < 4.78 is 40.5.